The Morgan fingerprint density at radius 3 is 2.72 bits per heavy atom. The Morgan fingerprint density at radius 2 is 2.11 bits per heavy atom. The summed E-state index contributed by atoms with van der Waals surface area (Å²) in [6.07, 6.45) is 2.69. The lowest BCUT2D eigenvalue weighted by Gasteiger charge is -2.08. The van der Waals surface area contributed by atoms with E-state index < -0.39 is 5.97 Å². The summed E-state index contributed by atoms with van der Waals surface area (Å²) in [6.45, 7) is 1.97. The molecule has 3 nitrogen and oxygen atoms in total. The highest BCUT2D eigenvalue weighted by atomic mass is 16.4. The van der Waals surface area contributed by atoms with Crippen molar-refractivity contribution in [2.24, 2.45) is 11.8 Å². The summed E-state index contributed by atoms with van der Waals surface area (Å²) in [6, 6.07) is 7.58. The van der Waals surface area contributed by atoms with E-state index in [2.05, 4.69) is 0 Å². The van der Waals surface area contributed by atoms with Gasteiger partial charge in [0.1, 0.15) is 0 Å². The van der Waals surface area contributed by atoms with Crippen molar-refractivity contribution in [1.29, 1.82) is 0 Å². The van der Waals surface area contributed by atoms with Crippen LogP contribution in [0.5, 0.6) is 0 Å². The van der Waals surface area contributed by atoms with Crippen molar-refractivity contribution in [1.82, 2.24) is 0 Å². The Balaban J connectivity index is 1.95. The minimum atomic E-state index is -0.722. The van der Waals surface area contributed by atoms with Crippen molar-refractivity contribution in [3.8, 4) is 0 Å². The van der Waals surface area contributed by atoms with Gasteiger partial charge in [-0.25, -0.2) is 0 Å². The standard InChI is InChI=1S/C15H18O3/c1-10-3-2-4-12(7-10)14(16)9-11-5-6-13(8-11)15(17)18/h2-4,7,11,13H,5-6,8-9H2,1H3,(H,17,18). The van der Waals surface area contributed by atoms with Crippen LogP contribution in [0.2, 0.25) is 0 Å². The SMILES string of the molecule is Cc1cccc(C(=O)CC2CCC(C(=O)O)C2)c1. The van der Waals surface area contributed by atoms with E-state index in [1.807, 2.05) is 31.2 Å². The number of aryl methyl sites for hydroxylation is 1. The fourth-order valence-corrected chi connectivity index (χ4v) is 2.68. The fraction of sp³-hybridized carbons (Fsp3) is 0.467. The van der Waals surface area contributed by atoms with Crippen LogP contribution in [-0.2, 0) is 4.79 Å². The molecule has 18 heavy (non-hydrogen) atoms. The molecule has 1 aliphatic carbocycles. The second kappa shape index (κ2) is 5.34. The number of rotatable bonds is 4. The number of carbonyl (C=O) groups excluding carboxylic acids is 1. The van der Waals surface area contributed by atoms with Crippen LogP contribution in [0.4, 0.5) is 0 Å². The monoisotopic (exact) mass is 246 g/mol. The van der Waals surface area contributed by atoms with E-state index in [0.717, 1.165) is 17.5 Å². The fourth-order valence-electron chi connectivity index (χ4n) is 2.68. The maximum absolute atomic E-state index is 12.1. The van der Waals surface area contributed by atoms with E-state index in [4.69, 9.17) is 5.11 Å². The van der Waals surface area contributed by atoms with E-state index in [9.17, 15) is 9.59 Å². The van der Waals surface area contributed by atoms with E-state index >= 15 is 0 Å². The second-order valence-electron chi connectivity index (χ2n) is 5.21. The quantitative estimate of drug-likeness (QED) is 0.831. The third kappa shape index (κ3) is 2.97. The highest BCUT2D eigenvalue weighted by Crippen LogP contribution is 2.33. The number of carboxylic acids is 1. The molecular weight excluding hydrogens is 228 g/mol. The summed E-state index contributed by atoms with van der Waals surface area (Å²) in [5, 5.41) is 8.93. The number of carbonyl (C=O) groups is 2. The van der Waals surface area contributed by atoms with E-state index in [-0.39, 0.29) is 17.6 Å². The molecule has 1 saturated carbocycles. The Kier molecular flexibility index (Phi) is 3.80. The van der Waals surface area contributed by atoms with Crippen molar-refractivity contribution >= 4 is 11.8 Å². The van der Waals surface area contributed by atoms with Crippen molar-refractivity contribution in [3.05, 3.63) is 35.4 Å². The van der Waals surface area contributed by atoms with Crippen LogP contribution < -0.4 is 0 Å². The summed E-state index contributed by atoms with van der Waals surface area (Å²) < 4.78 is 0. The number of benzene rings is 1. The summed E-state index contributed by atoms with van der Waals surface area (Å²) >= 11 is 0. The molecule has 3 heteroatoms. The van der Waals surface area contributed by atoms with Crippen molar-refractivity contribution in [2.75, 3.05) is 0 Å². The van der Waals surface area contributed by atoms with Gasteiger partial charge < -0.3 is 5.11 Å². The molecule has 1 aromatic carbocycles. The minimum Gasteiger partial charge on any atom is -0.481 e. The number of hydrogen-bond donors (Lipinski definition) is 1. The number of hydrogen-bond acceptors (Lipinski definition) is 2. The number of Topliss-reactive ketones (excluding diaryl/α,β-unsaturated/α-hetero) is 1. The molecule has 0 aromatic heterocycles. The molecule has 2 rings (SSSR count). The number of carboxylic acid groups (broad SMARTS) is 1. The van der Waals surface area contributed by atoms with Crippen LogP contribution >= 0.6 is 0 Å². The third-order valence-electron chi connectivity index (χ3n) is 3.70. The third-order valence-corrected chi connectivity index (χ3v) is 3.70. The van der Waals surface area contributed by atoms with Crippen molar-refractivity contribution in [3.63, 3.8) is 0 Å². The predicted molar refractivity (Wildman–Crippen MR) is 68.6 cm³/mol. The van der Waals surface area contributed by atoms with Crippen molar-refractivity contribution < 1.29 is 14.7 Å². The minimum absolute atomic E-state index is 0.134. The van der Waals surface area contributed by atoms with Gasteiger partial charge in [0.25, 0.3) is 0 Å². The van der Waals surface area contributed by atoms with E-state index in [1.165, 1.54) is 0 Å². The lowest BCUT2D eigenvalue weighted by Crippen LogP contribution is -2.11. The lowest BCUT2D eigenvalue weighted by molar-refractivity contribution is -0.141. The highest BCUT2D eigenvalue weighted by Gasteiger charge is 2.30. The normalized spacial score (nSPS) is 22.9. The van der Waals surface area contributed by atoms with E-state index in [1.54, 1.807) is 0 Å². The molecule has 0 spiro atoms. The predicted octanol–water partition coefficient (Wildman–Crippen LogP) is 3.07. The van der Waals surface area contributed by atoms with Gasteiger partial charge in [-0.05, 0) is 38.2 Å². The van der Waals surface area contributed by atoms with Gasteiger partial charge in [0.05, 0.1) is 5.92 Å². The Hall–Kier alpha value is -1.64. The van der Waals surface area contributed by atoms with E-state index in [0.29, 0.717) is 19.3 Å². The van der Waals surface area contributed by atoms with Crippen LogP contribution in [0, 0.1) is 18.8 Å². The van der Waals surface area contributed by atoms with Gasteiger partial charge in [0, 0.05) is 12.0 Å². The zero-order valence-electron chi connectivity index (χ0n) is 10.6. The maximum atomic E-state index is 12.1. The molecule has 1 aliphatic rings. The molecule has 0 radical (unpaired) electrons. The molecule has 2 unspecified atom stereocenters. The first-order valence-corrected chi connectivity index (χ1v) is 6.39. The van der Waals surface area contributed by atoms with Crippen LogP contribution in [0.25, 0.3) is 0 Å². The van der Waals surface area contributed by atoms with Gasteiger partial charge in [-0.2, -0.15) is 0 Å². The highest BCUT2D eigenvalue weighted by molar-refractivity contribution is 5.96. The number of ketones is 1. The summed E-state index contributed by atoms with van der Waals surface area (Å²) in [5.74, 6) is -0.602. The molecule has 0 amide bonds. The summed E-state index contributed by atoms with van der Waals surface area (Å²) in [5.41, 5.74) is 1.82. The molecule has 0 heterocycles. The van der Waals surface area contributed by atoms with Gasteiger partial charge in [0.2, 0.25) is 0 Å². The van der Waals surface area contributed by atoms with Gasteiger partial charge in [-0.1, -0.05) is 23.8 Å². The average Bonchev–Trinajstić information content (AvgIpc) is 2.77. The molecule has 2 atom stereocenters. The van der Waals surface area contributed by atoms with Crippen LogP contribution in [0.1, 0.15) is 41.6 Å². The molecule has 0 saturated heterocycles. The van der Waals surface area contributed by atoms with Crippen LogP contribution in [-0.4, -0.2) is 16.9 Å². The van der Waals surface area contributed by atoms with Gasteiger partial charge in [-0.3, -0.25) is 9.59 Å². The first-order valence-electron chi connectivity index (χ1n) is 6.39. The Morgan fingerprint density at radius 1 is 1.33 bits per heavy atom. The molecule has 0 bridgehead atoms. The van der Waals surface area contributed by atoms with Gasteiger partial charge in [-0.15, -0.1) is 0 Å². The zero-order valence-corrected chi connectivity index (χ0v) is 10.6. The molecular formula is C15H18O3. The summed E-state index contributed by atoms with van der Waals surface area (Å²) in [7, 11) is 0. The van der Waals surface area contributed by atoms with Crippen LogP contribution in [0.15, 0.2) is 24.3 Å². The first kappa shape index (κ1) is 12.8. The molecule has 1 fully saturated rings. The topological polar surface area (TPSA) is 54.4 Å². The van der Waals surface area contributed by atoms with Crippen molar-refractivity contribution in [2.45, 2.75) is 32.6 Å². The molecule has 96 valence electrons. The second-order valence-corrected chi connectivity index (χ2v) is 5.21. The number of aliphatic carboxylic acids is 1. The maximum Gasteiger partial charge on any atom is 0.306 e. The smallest absolute Gasteiger partial charge is 0.306 e. The molecule has 0 aliphatic heterocycles. The molecule has 1 N–H and O–H groups in total. The first-order chi connectivity index (χ1) is 8.56. The Bertz CT molecular complexity index is 465. The largest absolute Gasteiger partial charge is 0.481 e. The van der Waals surface area contributed by atoms with Gasteiger partial charge in [0.15, 0.2) is 5.78 Å². The average molecular weight is 246 g/mol. The molecule has 1 aromatic rings. The lowest BCUT2D eigenvalue weighted by atomic mass is 9.95. The summed E-state index contributed by atoms with van der Waals surface area (Å²) in [4.78, 5) is 22.9. The Labute approximate surface area is 107 Å². The van der Waals surface area contributed by atoms with Gasteiger partial charge >= 0.3 is 5.97 Å². The zero-order chi connectivity index (χ0) is 13.1. The van der Waals surface area contributed by atoms with Crippen LogP contribution in [0.3, 0.4) is 0 Å².